The van der Waals surface area contributed by atoms with Crippen molar-refractivity contribution in [1.82, 2.24) is 0 Å². The fourth-order valence-corrected chi connectivity index (χ4v) is 1.99. The molecule has 0 saturated carbocycles. The number of anilines is 2. The molecule has 0 heterocycles. The molecule has 0 aliphatic rings. The molecular weight excluding hydrogens is 281 g/mol. The predicted molar refractivity (Wildman–Crippen MR) is 78.5 cm³/mol. The second-order valence-electron chi connectivity index (χ2n) is 4.14. The Morgan fingerprint density at radius 2 is 2.10 bits per heavy atom. The van der Waals surface area contributed by atoms with E-state index in [9.17, 15) is 14.5 Å². The van der Waals surface area contributed by atoms with Gasteiger partial charge in [0.25, 0.3) is 5.69 Å². The molecule has 7 heteroatoms. The summed E-state index contributed by atoms with van der Waals surface area (Å²) < 4.78 is 13.9. The summed E-state index contributed by atoms with van der Waals surface area (Å²) in [5.41, 5.74) is 5.53. The summed E-state index contributed by atoms with van der Waals surface area (Å²) in [4.78, 5) is 10.7. The first-order valence-corrected chi connectivity index (χ1v) is 6.18. The zero-order chi connectivity index (χ0) is 14.7. The average molecular weight is 293 g/mol. The number of nitro groups is 1. The molecule has 0 fully saturated rings. The summed E-state index contributed by atoms with van der Waals surface area (Å²) in [6.45, 7) is 0.364. The van der Waals surface area contributed by atoms with Gasteiger partial charge in [0.05, 0.1) is 10.6 Å². The lowest BCUT2D eigenvalue weighted by atomic mass is 10.2. The van der Waals surface area contributed by atoms with Gasteiger partial charge in [-0.1, -0.05) is 12.1 Å². The Bertz CT molecular complexity index is 664. The van der Waals surface area contributed by atoms with Crippen molar-refractivity contribution < 1.29 is 9.31 Å². The van der Waals surface area contributed by atoms with Crippen LogP contribution in [0.5, 0.6) is 0 Å². The molecule has 5 nitrogen and oxygen atoms in total. The minimum absolute atomic E-state index is 0.123. The molecule has 0 aromatic heterocycles. The zero-order valence-electron chi connectivity index (χ0n) is 10.3. The lowest BCUT2D eigenvalue weighted by Gasteiger charge is -2.09. The number of nitrogens with zero attached hydrogens (tertiary/aromatic N) is 1. The quantitative estimate of drug-likeness (QED) is 0.350. The van der Waals surface area contributed by atoms with Crippen LogP contribution in [0.3, 0.4) is 0 Å². The molecule has 0 aliphatic heterocycles. The molecule has 2 aromatic carbocycles. The Balaban J connectivity index is 2.18. The number of hydrogen-bond donors (Lipinski definition) is 3. The van der Waals surface area contributed by atoms with Crippen LogP contribution in [0.2, 0.25) is 0 Å². The van der Waals surface area contributed by atoms with Crippen molar-refractivity contribution in [2.24, 2.45) is 0 Å². The van der Waals surface area contributed by atoms with E-state index in [0.29, 0.717) is 6.54 Å². The minimum Gasteiger partial charge on any atom is -0.391 e. The van der Waals surface area contributed by atoms with Gasteiger partial charge in [-0.25, -0.2) is 4.39 Å². The Morgan fingerprint density at radius 3 is 2.75 bits per heavy atom. The molecule has 2 rings (SSSR count). The highest BCUT2D eigenvalue weighted by Crippen LogP contribution is 2.29. The van der Waals surface area contributed by atoms with Crippen molar-refractivity contribution in [3.63, 3.8) is 0 Å². The maximum absolute atomic E-state index is 13.9. The van der Waals surface area contributed by atoms with E-state index in [0.717, 1.165) is 10.5 Å². The first-order valence-electron chi connectivity index (χ1n) is 5.73. The molecule has 20 heavy (non-hydrogen) atoms. The number of nitrogens with one attached hydrogen (secondary N) is 1. The molecule has 0 aliphatic carbocycles. The van der Waals surface area contributed by atoms with E-state index >= 15 is 0 Å². The van der Waals surface area contributed by atoms with Gasteiger partial charge < -0.3 is 11.1 Å². The Hall–Kier alpha value is -2.28. The Kier molecular flexibility index (Phi) is 4.09. The van der Waals surface area contributed by atoms with E-state index in [1.165, 1.54) is 12.1 Å². The molecule has 2 aromatic rings. The van der Waals surface area contributed by atoms with E-state index < -0.39 is 22.1 Å². The third-order valence-corrected chi connectivity index (χ3v) is 3.03. The SMILES string of the molecule is Nc1c([N+](=O)[O-])ccc(NCc2cccc(S)c2)c1F. The van der Waals surface area contributed by atoms with E-state index in [1.54, 1.807) is 0 Å². The maximum atomic E-state index is 13.9. The Labute approximate surface area is 120 Å². The molecule has 0 spiro atoms. The number of rotatable bonds is 4. The predicted octanol–water partition coefficient (Wildman–Crippen LogP) is 3.22. The Morgan fingerprint density at radius 1 is 1.35 bits per heavy atom. The fourth-order valence-electron chi connectivity index (χ4n) is 1.74. The highest BCUT2D eigenvalue weighted by atomic mass is 32.1. The highest BCUT2D eigenvalue weighted by Gasteiger charge is 2.18. The minimum atomic E-state index is -0.818. The van der Waals surface area contributed by atoms with Gasteiger partial charge in [-0.2, -0.15) is 0 Å². The van der Waals surface area contributed by atoms with Crippen LogP contribution in [0.15, 0.2) is 41.3 Å². The monoisotopic (exact) mass is 293 g/mol. The summed E-state index contributed by atoms with van der Waals surface area (Å²) in [6.07, 6.45) is 0. The van der Waals surface area contributed by atoms with Crippen LogP contribution in [-0.2, 0) is 6.54 Å². The van der Waals surface area contributed by atoms with Crippen LogP contribution in [0.25, 0.3) is 0 Å². The zero-order valence-corrected chi connectivity index (χ0v) is 11.2. The van der Waals surface area contributed by atoms with Gasteiger partial charge in [0.15, 0.2) is 5.82 Å². The largest absolute Gasteiger partial charge is 0.391 e. The van der Waals surface area contributed by atoms with Gasteiger partial charge in [0.2, 0.25) is 0 Å². The molecule has 0 unspecified atom stereocenters. The summed E-state index contributed by atoms with van der Waals surface area (Å²) in [5, 5.41) is 13.5. The van der Waals surface area contributed by atoms with Crippen LogP contribution in [0.4, 0.5) is 21.5 Å². The van der Waals surface area contributed by atoms with E-state index in [2.05, 4.69) is 17.9 Å². The molecule has 104 valence electrons. The summed E-state index contributed by atoms with van der Waals surface area (Å²) in [6, 6.07) is 9.84. The number of halogens is 1. The van der Waals surface area contributed by atoms with Crippen LogP contribution in [-0.4, -0.2) is 4.92 Å². The summed E-state index contributed by atoms with van der Waals surface area (Å²) in [5.74, 6) is -0.818. The molecular formula is C13H12FN3O2S. The van der Waals surface area contributed by atoms with Gasteiger partial charge in [-0.15, -0.1) is 12.6 Å². The van der Waals surface area contributed by atoms with Crippen molar-refractivity contribution >= 4 is 29.7 Å². The number of nitrogens with two attached hydrogens (primary N) is 1. The van der Waals surface area contributed by atoms with Gasteiger partial charge >= 0.3 is 0 Å². The number of nitrogen functional groups attached to an aromatic ring is 1. The average Bonchev–Trinajstić information content (AvgIpc) is 2.40. The summed E-state index contributed by atoms with van der Waals surface area (Å²) >= 11 is 4.21. The van der Waals surface area contributed by atoms with E-state index in [1.807, 2.05) is 24.3 Å². The molecule has 0 bridgehead atoms. The van der Waals surface area contributed by atoms with Gasteiger partial charge in [0.1, 0.15) is 5.69 Å². The van der Waals surface area contributed by atoms with Crippen LogP contribution < -0.4 is 11.1 Å². The van der Waals surface area contributed by atoms with Gasteiger partial charge in [-0.05, 0) is 23.8 Å². The number of nitro benzene ring substituents is 1. The van der Waals surface area contributed by atoms with Crippen molar-refractivity contribution in [3.05, 3.63) is 57.9 Å². The molecule has 0 amide bonds. The standard InChI is InChI=1S/C13H12FN3O2S/c14-12-10(4-5-11(13(12)15)17(18)19)16-7-8-2-1-3-9(20)6-8/h1-6,16,20H,7,15H2. The maximum Gasteiger partial charge on any atom is 0.295 e. The molecule has 0 atom stereocenters. The van der Waals surface area contributed by atoms with Crippen molar-refractivity contribution in [1.29, 1.82) is 0 Å². The van der Waals surface area contributed by atoms with Crippen LogP contribution in [0.1, 0.15) is 5.56 Å². The number of hydrogen-bond acceptors (Lipinski definition) is 5. The first-order chi connectivity index (χ1) is 9.49. The van der Waals surface area contributed by atoms with E-state index in [-0.39, 0.29) is 5.69 Å². The molecule has 0 radical (unpaired) electrons. The van der Waals surface area contributed by atoms with Gasteiger partial charge in [-0.3, -0.25) is 10.1 Å². The smallest absolute Gasteiger partial charge is 0.295 e. The van der Waals surface area contributed by atoms with Crippen molar-refractivity contribution in [2.75, 3.05) is 11.1 Å². The molecule has 3 N–H and O–H groups in total. The lowest BCUT2D eigenvalue weighted by molar-refractivity contribution is -0.384. The van der Waals surface area contributed by atoms with Crippen molar-refractivity contribution in [2.45, 2.75) is 11.4 Å². The fraction of sp³-hybridized carbons (Fsp3) is 0.0769. The van der Waals surface area contributed by atoms with Crippen LogP contribution >= 0.6 is 12.6 Å². The summed E-state index contributed by atoms with van der Waals surface area (Å²) in [7, 11) is 0. The topological polar surface area (TPSA) is 81.2 Å². The first kappa shape index (κ1) is 14.1. The number of benzene rings is 2. The molecule has 0 saturated heterocycles. The highest BCUT2D eigenvalue weighted by molar-refractivity contribution is 7.80. The van der Waals surface area contributed by atoms with Crippen molar-refractivity contribution in [3.8, 4) is 0 Å². The number of thiol groups is 1. The normalized spacial score (nSPS) is 10.3. The van der Waals surface area contributed by atoms with Gasteiger partial charge in [0, 0.05) is 17.5 Å². The third-order valence-electron chi connectivity index (χ3n) is 2.75. The van der Waals surface area contributed by atoms with Crippen LogP contribution in [0, 0.1) is 15.9 Å². The second kappa shape index (κ2) is 5.79. The van der Waals surface area contributed by atoms with E-state index in [4.69, 9.17) is 5.73 Å². The lowest BCUT2D eigenvalue weighted by Crippen LogP contribution is -2.05. The third kappa shape index (κ3) is 3.00. The second-order valence-corrected chi connectivity index (χ2v) is 4.66.